The fourth-order valence-electron chi connectivity index (χ4n) is 3.35. The standard InChI is InChI=1S/C20H25F2N3O2/c1-12-16(21)8-15(9-17(12)22)13(2)24-19(26)18-11-27-20(25-18)23-10-14-6-4-3-5-7-14/h8-9,11,13-14H,3-7,10H2,1-2H3,(H,23,25)(H,24,26)/t13-/m1/s1. The van der Waals surface area contributed by atoms with Gasteiger partial charge in [0.15, 0.2) is 5.69 Å². The highest BCUT2D eigenvalue weighted by molar-refractivity contribution is 5.92. The highest BCUT2D eigenvalue weighted by Crippen LogP contribution is 2.24. The van der Waals surface area contributed by atoms with E-state index in [1.165, 1.54) is 57.4 Å². The van der Waals surface area contributed by atoms with E-state index in [4.69, 9.17) is 4.42 Å². The second kappa shape index (κ2) is 8.50. The Morgan fingerprint density at radius 2 is 1.93 bits per heavy atom. The summed E-state index contributed by atoms with van der Waals surface area (Å²) in [4.78, 5) is 16.5. The predicted molar refractivity (Wildman–Crippen MR) is 98.5 cm³/mol. The summed E-state index contributed by atoms with van der Waals surface area (Å²) < 4.78 is 32.7. The monoisotopic (exact) mass is 377 g/mol. The lowest BCUT2D eigenvalue weighted by molar-refractivity contribution is 0.0934. The number of anilines is 1. The minimum absolute atomic E-state index is 0.0394. The molecule has 1 aromatic heterocycles. The zero-order chi connectivity index (χ0) is 19.4. The van der Waals surface area contributed by atoms with Gasteiger partial charge in [0.25, 0.3) is 11.9 Å². The van der Waals surface area contributed by atoms with E-state index in [1.807, 2.05) is 0 Å². The van der Waals surface area contributed by atoms with Crippen molar-refractivity contribution < 1.29 is 18.0 Å². The van der Waals surface area contributed by atoms with Crippen molar-refractivity contribution in [2.45, 2.75) is 52.0 Å². The smallest absolute Gasteiger partial charge is 0.295 e. The van der Waals surface area contributed by atoms with Crippen molar-refractivity contribution in [3.05, 3.63) is 46.9 Å². The van der Waals surface area contributed by atoms with Crippen LogP contribution in [0.5, 0.6) is 0 Å². The molecule has 1 heterocycles. The van der Waals surface area contributed by atoms with E-state index >= 15 is 0 Å². The van der Waals surface area contributed by atoms with Crippen LogP contribution >= 0.6 is 0 Å². The van der Waals surface area contributed by atoms with Crippen LogP contribution in [0, 0.1) is 24.5 Å². The number of benzene rings is 1. The highest BCUT2D eigenvalue weighted by Gasteiger charge is 2.19. The topological polar surface area (TPSA) is 67.2 Å². The number of oxazole rings is 1. The predicted octanol–water partition coefficient (Wildman–Crippen LogP) is 4.74. The number of hydrogen-bond donors (Lipinski definition) is 2. The van der Waals surface area contributed by atoms with Crippen molar-refractivity contribution >= 4 is 11.9 Å². The van der Waals surface area contributed by atoms with Gasteiger partial charge < -0.3 is 15.1 Å². The average molecular weight is 377 g/mol. The lowest BCUT2D eigenvalue weighted by Crippen LogP contribution is -2.27. The number of nitrogens with one attached hydrogen (secondary N) is 2. The molecule has 1 amide bonds. The Balaban J connectivity index is 1.57. The van der Waals surface area contributed by atoms with E-state index < -0.39 is 23.6 Å². The first kappa shape index (κ1) is 19.3. The molecule has 0 spiro atoms. The lowest BCUT2D eigenvalue weighted by atomic mass is 9.89. The number of rotatable bonds is 6. The minimum atomic E-state index is -0.637. The van der Waals surface area contributed by atoms with E-state index in [0.717, 1.165) is 6.54 Å². The quantitative estimate of drug-likeness (QED) is 0.763. The number of carbonyl (C=O) groups is 1. The molecule has 3 rings (SSSR count). The van der Waals surface area contributed by atoms with Crippen molar-refractivity contribution in [3.63, 3.8) is 0 Å². The van der Waals surface area contributed by atoms with Gasteiger partial charge in [0.2, 0.25) is 0 Å². The van der Waals surface area contributed by atoms with E-state index in [2.05, 4.69) is 15.6 Å². The molecule has 0 saturated heterocycles. The summed E-state index contributed by atoms with van der Waals surface area (Å²) in [5.74, 6) is -1.13. The van der Waals surface area contributed by atoms with Crippen molar-refractivity contribution in [1.82, 2.24) is 10.3 Å². The molecule has 1 aromatic carbocycles. The summed E-state index contributed by atoms with van der Waals surface area (Å²) in [7, 11) is 0. The van der Waals surface area contributed by atoms with Gasteiger partial charge in [-0.3, -0.25) is 4.79 Å². The van der Waals surface area contributed by atoms with Gasteiger partial charge >= 0.3 is 0 Å². The molecule has 1 saturated carbocycles. The van der Waals surface area contributed by atoms with Crippen molar-refractivity contribution in [1.29, 1.82) is 0 Å². The molecular weight excluding hydrogens is 352 g/mol. The van der Waals surface area contributed by atoms with Crippen molar-refractivity contribution in [3.8, 4) is 0 Å². The lowest BCUT2D eigenvalue weighted by Gasteiger charge is -2.21. The number of halogens is 2. The Bertz CT molecular complexity index is 777. The number of carbonyl (C=O) groups excluding carboxylic acids is 1. The number of amides is 1. The van der Waals surface area contributed by atoms with Gasteiger partial charge in [-0.2, -0.15) is 4.98 Å². The fraction of sp³-hybridized carbons (Fsp3) is 0.500. The second-order valence-electron chi connectivity index (χ2n) is 7.23. The number of nitrogens with zero attached hydrogens (tertiary/aromatic N) is 1. The summed E-state index contributed by atoms with van der Waals surface area (Å²) in [6, 6.07) is 2.19. The average Bonchev–Trinajstić information content (AvgIpc) is 3.14. The Kier molecular flexibility index (Phi) is 6.08. The maximum absolute atomic E-state index is 13.7. The fourth-order valence-corrected chi connectivity index (χ4v) is 3.35. The van der Waals surface area contributed by atoms with Crippen LogP contribution in [0.15, 0.2) is 22.8 Å². The largest absolute Gasteiger partial charge is 0.431 e. The van der Waals surface area contributed by atoms with Gasteiger partial charge in [0, 0.05) is 12.1 Å². The summed E-state index contributed by atoms with van der Waals surface area (Å²) in [5.41, 5.74) is 0.437. The SMILES string of the molecule is Cc1c(F)cc([C@@H](C)NC(=O)c2coc(NCC3CCCCC3)n2)cc1F. The van der Waals surface area contributed by atoms with E-state index in [1.54, 1.807) is 6.92 Å². The molecule has 7 heteroatoms. The number of aromatic nitrogens is 1. The first-order chi connectivity index (χ1) is 12.9. The van der Waals surface area contributed by atoms with Crippen molar-refractivity contribution in [2.24, 2.45) is 5.92 Å². The summed E-state index contributed by atoms with van der Waals surface area (Å²) in [5, 5.41) is 5.82. The molecule has 0 radical (unpaired) electrons. The Labute approximate surface area is 157 Å². The van der Waals surface area contributed by atoms with Crippen LogP contribution in [0.4, 0.5) is 14.8 Å². The maximum Gasteiger partial charge on any atom is 0.295 e. The van der Waals surface area contributed by atoms with Gasteiger partial charge in [0.1, 0.15) is 17.9 Å². The third-order valence-electron chi connectivity index (χ3n) is 5.15. The summed E-state index contributed by atoms with van der Waals surface area (Å²) >= 11 is 0. The molecule has 1 fully saturated rings. The van der Waals surface area contributed by atoms with Gasteiger partial charge in [-0.05, 0) is 50.3 Å². The molecule has 0 bridgehead atoms. The third-order valence-corrected chi connectivity index (χ3v) is 5.15. The molecule has 2 N–H and O–H groups in total. The van der Waals surface area contributed by atoms with Crippen LogP contribution in [-0.4, -0.2) is 17.4 Å². The molecule has 5 nitrogen and oxygen atoms in total. The number of hydrogen-bond acceptors (Lipinski definition) is 4. The van der Waals surface area contributed by atoms with Crippen LogP contribution in [0.3, 0.4) is 0 Å². The zero-order valence-corrected chi connectivity index (χ0v) is 15.6. The molecule has 146 valence electrons. The molecule has 1 aliphatic rings. The molecule has 27 heavy (non-hydrogen) atoms. The van der Waals surface area contributed by atoms with Gasteiger partial charge in [-0.1, -0.05) is 19.3 Å². The maximum atomic E-state index is 13.7. The van der Waals surface area contributed by atoms with E-state index in [0.29, 0.717) is 17.5 Å². The van der Waals surface area contributed by atoms with Crippen molar-refractivity contribution in [2.75, 3.05) is 11.9 Å². The zero-order valence-electron chi connectivity index (χ0n) is 15.6. The highest BCUT2D eigenvalue weighted by atomic mass is 19.1. The normalized spacial score (nSPS) is 16.1. The van der Waals surface area contributed by atoms with Gasteiger partial charge in [0.05, 0.1) is 6.04 Å². The third kappa shape index (κ3) is 4.84. The Morgan fingerprint density at radius 3 is 2.59 bits per heavy atom. The Hall–Kier alpha value is -2.44. The van der Waals surface area contributed by atoms with Gasteiger partial charge in [-0.15, -0.1) is 0 Å². The molecule has 0 aliphatic heterocycles. The molecule has 0 unspecified atom stereocenters. The van der Waals surface area contributed by atoms with Crippen LogP contribution in [0.25, 0.3) is 0 Å². The molecule has 2 aromatic rings. The summed E-state index contributed by atoms with van der Waals surface area (Å²) in [6.07, 6.45) is 7.48. The first-order valence-corrected chi connectivity index (χ1v) is 9.40. The van der Waals surface area contributed by atoms with Crippen LogP contribution in [-0.2, 0) is 0 Å². The van der Waals surface area contributed by atoms with Gasteiger partial charge in [-0.25, -0.2) is 8.78 Å². The van der Waals surface area contributed by atoms with E-state index in [-0.39, 0.29) is 11.3 Å². The van der Waals surface area contributed by atoms with E-state index in [9.17, 15) is 13.6 Å². The molecule has 1 aliphatic carbocycles. The van der Waals surface area contributed by atoms with Crippen LogP contribution in [0.1, 0.15) is 66.7 Å². The minimum Gasteiger partial charge on any atom is -0.431 e. The van der Waals surface area contributed by atoms with Crippen LogP contribution in [0.2, 0.25) is 0 Å². The van der Waals surface area contributed by atoms with Crippen LogP contribution < -0.4 is 10.6 Å². The molecular formula is C20H25F2N3O2. The second-order valence-corrected chi connectivity index (χ2v) is 7.23. The summed E-state index contributed by atoms with van der Waals surface area (Å²) in [6.45, 7) is 3.80. The Morgan fingerprint density at radius 1 is 1.26 bits per heavy atom. The molecule has 1 atom stereocenters. The first-order valence-electron chi connectivity index (χ1n) is 9.40.